The van der Waals surface area contributed by atoms with Crippen LogP contribution in [-0.4, -0.2) is 37.1 Å². The number of anilines is 3. The first-order valence-electron chi connectivity index (χ1n) is 6.08. The Morgan fingerprint density at radius 3 is 2.75 bits per heavy atom. The van der Waals surface area contributed by atoms with E-state index in [0.717, 1.165) is 5.69 Å². The number of benzene rings is 1. The van der Waals surface area contributed by atoms with E-state index in [4.69, 9.17) is 4.74 Å². The molecule has 0 spiro atoms. The molecule has 2 aromatic rings. The van der Waals surface area contributed by atoms with Gasteiger partial charge in [0.25, 0.3) is 0 Å². The van der Waals surface area contributed by atoms with E-state index in [1.807, 2.05) is 24.1 Å². The Hall–Kier alpha value is -2.63. The molecule has 1 aromatic carbocycles. The molecular weight excluding hydrogens is 256 g/mol. The standard InChI is InChI=1S/C14H16N4O2/c1-15-12-8-13(17-9-16-12)18(2)11-7-5-4-6-10(11)14(19)20-3/h4-9H,1-3H3,(H,15,16,17). The number of nitrogens with one attached hydrogen (secondary N) is 1. The fourth-order valence-corrected chi connectivity index (χ4v) is 1.84. The van der Waals surface area contributed by atoms with Crippen LogP contribution in [0.4, 0.5) is 17.3 Å². The highest BCUT2D eigenvalue weighted by Crippen LogP contribution is 2.26. The maximum atomic E-state index is 11.8. The summed E-state index contributed by atoms with van der Waals surface area (Å²) in [5.74, 6) is 1.01. The minimum atomic E-state index is -0.379. The van der Waals surface area contributed by atoms with Crippen molar-refractivity contribution in [2.24, 2.45) is 0 Å². The Kier molecular flexibility index (Phi) is 4.14. The third-order valence-corrected chi connectivity index (χ3v) is 2.92. The van der Waals surface area contributed by atoms with E-state index >= 15 is 0 Å². The van der Waals surface area contributed by atoms with Crippen LogP contribution < -0.4 is 10.2 Å². The van der Waals surface area contributed by atoms with Crippen LogP contribution in [0.2, 0.25) is 0 Å². The van der Waals surface area contributed by atoms with Gasteiger partial charge >= 0.3 is 5.97 Å². The van der Waals surface area contributed by atoms with Crippen molar-refractivity contribution < 1.29 is 9.53 Å². The molecule has 2 rings (SSSR count). The van der Waals surface area contributed by atoms with E-state index in [1.165, 1.54) is 13.4 Å². The van der Waals surface area contributed by atoms with Crippen LogP contribution >= 0.6 is 0 Å². The molecule has 6 heteroatoms. The van der Waals surface area contributed by atoms with Crippen LogP contribution in [0.1, 0.15) is 10.4 Å². The molecule has 0 aliphatic rings. The SMILES string of the molecule is CNc1cc(N(C)c2ccccc2C(=O)OC)ncn1. The molecule has 1 heterocycles. The van der Waals surface area contributed by atoms with Crippen molar-refractivity contribution in [1.29, 1.82) is 0 Å². The van der Waals surface area contributed by atoms with Gasteiger partial charge in [-0.3, -0.25) is 0 Å². The lowest BCUT2D eigenvalue weighted by molar-refractivity contribution is 0.0601. The van der Waals surface area contributed by atoms with Gasteiger partial charge in [0.05, 0.1) is 18.4 Å². The zero-order valence-electron chi connectivity index (χ0n) is 11.6. The van der Waals surface area contributed by atoms with E-state index < -0.39 is 0 Å². The van der Waals surface area contributed by atoms with Gasteiger partial charge < -0.3 is 15.0 Å². The number of methoxy groups -OCH3 is 1. The first kappa shape index (κ1) is 13.8. The Balaban J connectivity index is 2.42. The Labute approximate surface area is 117 Å². The number of para-hydroxylation sites is 1. The van der Waals surface area contributed by atoms with Crippen molar-refractivity contribution in [3.8, 4) is 0 Å². The number of hydrogen-bond donors (Lipinski definition) is 1. The second kappa shape index (κ2) is 6.01. The van der Waals surface area contributed by atoms with E-state index in [0.29, 0.717) is 17.2 Å². The number of carbonyl (C=O) groups excluding carboxylic acids is 1. The zero-order valence-corrected chi connectivity index (χ0v) is 11.6. The molecule has 0 atom stereocenters. The molecule has 1 N–H and O–H groups in total. The average Bonchev–Trinajstić information content (AvgIpc) is 2.53. The third kappa shape index (κ3) is 2.69. The summed E-state index contributed by atoms with van der Waals surface area (Å²) in [6, 6.07) is 9.01. The molecule has 20 heavy (non-hydrogen) atoms. The lowest BCUT2D eigenvalue weighted by atomic mass is 10.1. The normalized spacial score (nSPS) is 9.95. The van der Waals surface area contributed by atoms with Gasteiger partial charge in [-0.25, -0.2) is 14.8 Å². The van der Waals surface area contributed by atoms with Gasteiger partial charge in [0, 0.05) is 20.2 Å². The van der Waals surface area contributed by atoms with Crippen LogP contribution in [0, 0.1) is 0 Å². The fraction of sp³-hybridized carbons (Fsp3) is 0.214. The van der Waals surface area contributed by atoms with Crippen molar-refractivity contribution in [3.63, 3.8) is 0 Å². The quantitative estimate of drug-likeness (QED) is 0.859. The predicted molar refractivity (Wildman–Crippen MR) is 77.4 cm³/mol. The summed E-state index contributed by atoms with van der Waals surface area (Å²) >= 11 is 0. The Bertz CT molecular complexity index is 616. The zero-order chi connectivity index (χ0) is 14.5. The highest BCUT2D eigenvalue weighted by atomic mass is 16.5. The summed E-state index contributed by atoms with van der Waals surface area (Å²) in [7, 11) is 4.99. The number of rotatable bonds is 4. The minimum absolute atomic E-state index is 0.379. The average molecular weight is 272 g/mol. The third-order valence-electron chi connectivity index (χ3n) is 2.92. The minimum Gasteiger partial charge on any atom is -0.465 e. The second-order valence-corrected chi connectivity index (χ2v) is 4.08. The Morgan fingerprint density at radius 2 is 2.05 bits per heavy atom. The first-order chi connectivity index (χ1) is 9.67. The lowest BCUT2D eigenvalue weighted by Gasteiger charge is -2.20. The second-order valence-electron chi connectivity index (χ2n) is 4.08. The predicted octanol–water partition coefficient (Wildman–Crippen LogP) is 2.07. The summed E-state index contributed by atoms with van der Waals surface area (Å²) < 4.78 is 4.80. The summed E-state index contributed by atoms with van der Waals surface area (Å²) in [6.07, 6.45) is 1.47. The van der Waals surface area contributed by atoms with Gasteiger partial charge in [0.1, 0.15) is 18.0 Å². The van der Waals surface area contributed by atoms with Crippen molar-refractivity contribution in [3.05, 3.63) is 42.2 Å². The van der Waals surface area contributed by atoms with Crippen molar-refractivity contribution in [1.82, 2.24) is 9.97 Å². The van der Waals surface area contributed by atoms with Gasteiger partial charge in [-0.1, -0.05) is 12.1 Å². The maximum Gasteiger partial charge on any atom is 0.339 e. The number of carbonyl (C=O) groups is 1. The molecule has 1 aromatic heterocycles. The molecule has 0 amide bonds. The van der Waals surface area contributed by atoms with Crippen molar-refractivity contribution in [2.75, 3.05) is 31.4 Å². The van der Waals surface area contributed by atoms with Crippen molar-refractivity contribution >= 4 is 23.3 Å². The molecule has 0 saturated heterocycles. The van der Waals surface area contributed by atoms with Gasteiger partial charge in [-0.05, 0) is 12.1 Å². The van der Waals surface area contributed by atoms with Crippen LogP contribution in [0.15, 0.2) is 36.7 Å². The molecular formula is C14H16N4O2. The summed E-state index contributed by atoms with van der Waals surface area (Å²) in [4.78, 5) is 21.9. The molecule has 0 unspecified atom stereocenters. The monoisotopic (exact) mass is 272 g/mol. The number of nitrogens with zero attached hydrogens (tertiary/aromatic N) is 3. The molecule has 104 valence electrons. The fourth-order valence-electron chi connectivity index (χ4n) is 1.84. The van der Waals surface area contributed by atoms with Crippen LogP contribution in [0.5, 0.6) is 0 Å². The maximum absolute atomic E-state index is 11.8. The molecule has 6 nitrogen and oxygen atoms in total. The lowest BCUT2D eigenvalue weighted by Crippen LogP contribution is -2.16. The van der Waals surface area contributed by atoms with E-state index in [2.05, 4.69) is 15.3 Å². The number of esters is 1. The van der Waals surface area contributed by atoms with E-state index in [9.17, 15) is 4.79 Å². The molecule has 0 aliphatic carbocycles. The summed E-state index contributed by atoms with van der Waals surface area (Å²) in [5.41, 5.74) is 1.21. The summed E-state index contributed by atoms with van der Waals surface area (Å²) in [5, 5.41) is 2.95. The largest absolute Gasteiger partial charge is 0.465 e. The van der Waals surface area contributed by atoms with Crippen LogP contribution in [0.25, 0.3) is 0 Å². The Morgan fingerprint density at radius 1 is 1.30 bits per heavy atom. The molecule has 0 bridgehead atoms. The van der Waals surface area contributed by atoms with Crippen LogP contribution in [-0.2, 0) is 4.74 Å². The summed E-state index contributed by atoms with van der Waals surface area (Å²) in [6.45, 7) is 0. The van der Waals surface area contributed by atoms with Gasteiger partial charge in [-0.15, -0.1) is 0 Å². The first-order valence-corrected chi connectivity index (χ1v) is 6.08. The smallest absolute Gasteiger partial charge is 0.339 e. The van der Waals surface area contributed by atoms with Gasteiger partial charge in [-0.2, -0.15) is 0 Å². The van der Waals surface area contributed by atoms with Gasteiger partial charge in [0.2, 0.25) is 0 Å². The molecule has 0 saturated carbocycles. The highest BCUT2D eigenvalue weighted by molar-refractivity contribution is 5.96. The molecule has 0 radical (unpaired) electrons. The number of aromatic nitrogens is 2. The molecule has 0 aliphatic heterocycles. The topological polar surface area (TPSA) is 67.4 Å². The highest BCUT2D eigenvalue weighted by Gasteiger charge is 2.16. The number of ether oxygens (including phenoxy) is 1. The van der Waals surface area contributed by atoms with Crippen molar-refractivity contribution in [2.45, 2.75) is 0 Å². The molecule has 0 fully saturated rings. The van der Waals surface area contributed by atoms with E-state index in [1.54, 1.807) is 25.2 Å². The van der Waals surface area contributed by atoms with E-state index in [-0.39, 0.29) is 5.97 Å². The van der Waals surface area contributed by atoms with Crippen LogP contribution in [0.3, 0.4) is 0 Å². The number of hydrogen-bond acceptors (Lipinski definition) is 6. The van der Waals surface area contributed by atoms with Gasteiger partial charge in [0.15, 0.2) is 0 Å².